The van der Waals surface area contributed by atoms with Crippen molar-refractivity contribution in [3.63, 3.8) is 0 Å². The number of nitro groups is 1. The third-order valence-corrected chi connectivity index (χ3v) is 3.95. The Morgan fingerprint density at radius 3 is 2.63 bits per heavy atom. The van der Waals surface area contributed by atoms with Gasteiger partial charge >= 0.3 is 5.69 Å². The normalized spacial score (nSPS) is 12.9. The lowest BCUT2D eigenvalue weighted by molar-refractivity contribution is -0.387. The number of halogens is 1. The van der Waals surface area contributed by atoms with Gasteiger partial charge in [-0.1, -0.05) is 12.1 Å². The largest absolute Gasteiger partial charge is 0.376 e. The Labute approximate surface area is 153 Å². The van der Waals surface area contributed by atoms with Gasteiger partial charge in [-0.3, -0.25) is 19.7 Å². The molecule has 0 atom stereocenters. The molecule has 0 heterocycles. The standard InChI is InChI=1S/C18H17FN4O4/c19-14-8-7-12(9-16(14)23(26)27)20-10-17(24)22-15-4-2-1-3-13(15)18(25)21-11-5-6-11/h1-4,7-9,11,20H,5-6,10H2,(H,21,25)(H,22,24). The molecule has 1 aliphatic rings. The molecule has 9 heteroatoms. The number of hydrogen-bond donors (Lipinski definition) is 3. The van der Waals surface area contributed by atoms with Crippen molar-refractivity contribution in [2.45, 2.75) is 18.9 Å². The van der Waals surface area contributed by atoms with Crippen LogP contribution in [0.1, 0.15) is 23.2 Å². The number of amides is 2. The maximum Gasteiger partial charge on any atom is 0.306 e. The van der Waals surface area contributed by atoms with Crippen molar-refractivity contribution in [2.24, 2.45) is 0 Å². The van der Waals surface area contributed by atoms with Crippen molar-refractivity contribution in [1.82, 2.24) is 5.32 Å². The van der Waals surface area contributed by atoms with Gasteiger partial charge in [0.2, 0.25) is 11.7 Å². The van der Waals surface area contributed by atoms with Crippen molar-refractivity contribution in [3.8, 4) is 0 Å². The molecule has 1 fully saturated rings. The Hall–Kier alpha value is -3.49. The molecule has 3 N–H and O–H groups in total. The van der Waals surface area contributed by atoms with Crippen molar-refractivity contribution < 1.29 is 18.9 Å². The second-order valence-electron chi connectivity index (χ2n) is 6.12. The molecule has 0 aromatic heterocycles. The average Bonchev–Trinajstić information content (AvgIpc) is 3.45. The summed E-state index contributed by atoms with van der Waals surface area (Å²) in [7, 11) is 0. The zero-order valence-electron chi connectivity index (χ0n) is 14.2. The molecule has 0 bridgehead atoms. The zero-order valence-corrected chi connectivity index (χ0v) is 14.2. The van der Waals surface area contributed by atoms with Crippen LogP contribution in [-0.2, 0) is 4.79 Å². The first-order valence-electron chi connectivity index (χ1n) is 8.31. The number of benzene rings is 2. The highest BCUT2D eigenvalue weighted by Gasteiger charge is 2.25. The van der Waals surface area contributed by atoms with Gasteiger partial charge in [-0.05, 0) is 37.1 Å². The second-order valence-corrected chi connectivity index (χ2v) is 6.12. The number of nitrogens with zero attached hydrogens (tertiary/aromatic N) is 1. The first-order valence-corrected chi connectivity index (χ1v) is 8.31. The molecular weight excluding hydrogens is 355 g/mol. The van der Waals surface area contributed by atoms with Crippen molar-refractivity contribution >= 4 is 28.9 Å². The predicted molar refractivity (Wildman–Crippen MR) is 97.1 cm³/mol. The fourth-order valence-electron chi connectivity index (χ4n) is 2.42. The van der Waals surface area contributed by atoms with E-state index in [0.29, 0.717) is 11.3 Å². The number of nitro benzene ring substituents is 1. The number of rotatable bonds is 7. The van der Waals surface area contributed by atoms with E-state index in [1.807, 2.05) is 0 Å². The van der Waals surface area contributed by atoms with E-state index in [1.54, 1.807) is 24.3 Å². The van der Waals surface area contributed by atoms with Crippen LogP contribution in [-0.4, -0.2) is 29.3 Å². The van der Waals surface area contributed by atoms with Crippen molar-refractivity contribution in [1.29, 1.82) is 0 Å². The van der Waals surface area contributed by atoms with E-state index in [-0.39, 0.29) is 24.2 Å². The number of anilines is 2. The molecule has 2 amide bonds. The molecule has 0 radical (unpaired) electrons. The molecular formula is C18H17FN4O4. The minimum absolute atomic E-state index is 0.192. The van der Waals surface area contributed by atoms with E-state index < -0.39 is 22.3 Å². The monoisotopic (exact) mass is 372 g/mol. The van der Waals surface area contributed by atoms with Gasteiger partial charge in [0.15, 0.2) is 0 Å². The number of hydrogen-bond acceptors (Lipinski definition) is 5. The zero-order chi connectivity index (χ0) is 19.4. The Kier molecular flexibility index (Phi) is 5.30. The van der Waals surface area contributed by atoms with Crippen LogP contribution in [0.4, 0.5) is 21.5 Å². The predicted octanol–water partition coefficient (Wildman–Crippen LogP) is 2.68. The van der Waals surface area contributed by atoms with Gasteiger partial charge in [-0.2, -0.15) is 4.39 Å². The molecule has 2 aromatic rings. The summed E-state index contributed by atoms with van der Waals surface area (Å²) in [4.78, 5) is 34.3. The topological polar surface area (TPSA) is 113 Å². The Morgan fingerprint density at radius 2 is 1.93 bits per heavy atom. The Morgan fingerprint density at radius 1 is 1.19 bits per heavy atom. The highest BCUT2D eigenvalue weighted by molar-refractivity contribution is 6.04. The van der Waals surface area contributed by atoms with Crippen LogP contribution in [0.25, 0.3) is 0 Å². The van der Waals surface area contributed by atoms with Crippen LogP contribution in [0.2, 0.25) is 0 Å². The first kappa shape index (κ1) is 18.3. The van der Waals surface area contributed by atoms with E-state index in [1.165, 1.54) is 6.07 Å². The van der Waals surface area contributed by atoms with Crippen LogP contribution in [0.15, 0.2) is 42.5 Å². The number of carbonyl (C=O) groups excluding carboxylic acids is 2. The van der Waals surface area contributed by atoms with E-state index in [4.69, 9.17) is 0 Å². The van der Waals surface area contributed by atoms with Crippen LogP contribution < -0.4 is 16.0 Å². The summed E-state index contributed by atoms with van der Waals surface area (Å²) in [5, 5.41) is 18.9. The second kappa shape index (κ2) is 7.81. The van der Waals surface area contributed by atoms with Crippen LogP contribution in [0.5, 0.6) is 0 Å². The van der Waals surface area contributed by atoms with E-state index in [9.17, 15) is 24.1 Å². The van der Waals surface area contributed by atoms with Crippen molar-refractivity contribution in [2.75, 3.05) is 17.2 Å². The summed E-state index contributed by atoms with van der Waals surface area (Å²) in [5.41, 5.74) is 0.281. The first-order chi connectivity index (χ1) is 12.9. The number of nitrogens with one attached hydrogen (secondary N) is 3. The van der Waals surface area contributed by atoms with Crippen molar-refractivity contribution in [3.05, 3.63) is 64.0 Å². The molecule has 140 valence electrons. The average molecular weight is 372 g/mol. The van der Waals surface area contributed by atoms with Crippen LogP contribution >= 0.6 is 0 Å². The van der Waals surface area contributed by atoms with Gasteiger partial charge in [0.25, 0.3) is 5.91 Å². The Bertz CT molecular complexity index is 899. The molecule has 0 aliphatic heterocycles. The minimum Gasteiger partial charge on any atom is -0.376 e. The highest BCUT2D eigenvalue weighted by Crippen LogP contribution is 2.23. The summed E-state index contributed by atoms with van der Waals surface area (Å²) in [6.07, 6.45) is 1.90. The van der Waals surface area contributed by atoms with Crippen LogP contribution in [0, 0.1) is 15.9 Å². The summed E-state index contributed by atoms with van der Waals surface area (Å²) in [6.45, 7) is -0.207. The van der Waals surface area contributed by atoms with E-state index in [2.05, 4.69) is 16.0 Å². The molecule has 0 saturated heterocycles. The molecule has 27 heavy (non-hydrogen) atoms. The molecule has 8 nitrogen and oxygen atoms in total. The van der Waals surface area contributed by atoms with E-state index >= 15 is 0 Å². The third kappa shape index (κ3) is 4.78. The third-order valence-electron chi connectivity index (χ3n) is 3.95. The van der Waals surface area contributed by atoms with Gasteiger partial charge in [-0.25, -0.2) is 0 Å². The van der Waals surface area contributed by atoms with Gasteiger partial charge in [0.1, 0.15) is 0 Å². The lowest BCUT2D eigenvalue weighted by Gasteiger charge is -2.12. The summed E-state index contributed by atoms with van der Waals surface area (Å²) in [6, 6.07) is 10.1. The molecule has 1 saturated carbocycles. The number of carbonyl (C=O) groups is 2. The smallest absolute Gasteiger partial charge is 0.306 e. The highest BCUT2D eigenvalue weighted by atomic mass is 19.1. The summed E-state index contributed by atoms with van der Waals surface area (Å²) < 4.78 is 13.3. The fourth-order valence-corrected chi connectivity index (χ4v) is 2.42. The van der Waals surface area contributed by atoms with Gasteiger partial charge in [0, 0.05) is 17.8 Å². The molecule has 3 rings (SSSR count). The van der Waals surface area contributed by atoms with Gasteiger partial charge < -0.3 is 16.0 Å². The molecule has 0 spiro atoms. The van der Waals surface area contributed by atoms with Gasteiger partial charge in [0.05, 0.1) is 22.7 Å². The molecule has 2 aromatic carbocycles. The lowest BCUT2D eigenvalue weighted by atomic mass is 10.1. The lowest BCUT2D eigenvalue weighted by Crippen LogP contribution is -2.28. The minimum atomic E-state index is -0.953. The quantitative estimate of drug-likeness (QED) is 0.511. The number of para-hydroxylation sites is 1. The maximum absolute atomic E-state index is 13.3. The SMILES string of the molecule is O=C(CNc1ccc(F)c([N+](=O)[O-])c1)Nc1ccccc1C(=O)NC1CC1. The maximum atomic E-state index is 13.3. The molecule has 0 unspecified atom stereocenters. The van der Waals surface area contributed by atoms with E-state index in [0.717, 1.165) is 25.0 Å². The summed E-state index contributed by atoms with van der Waals surface area (Å²) >= 11 is 0. The summed E-state index contributed by atoms with van der Waals surface area (Å²) in [5.74, 6) is -1.66. The molecule has 1 aliphatic carbocycles. The fraction of sp³-hybridized carbons (Fsp3) is 0.222. The Balaban J connectivity index is 1.62. The van der Waals surface area contributed by atoms with Crippen LogP contribution in [0.3, 0.4) is 0 Å². The van der Waals surface area contributed by atoms with Gasteiger partial charge in [-0.15, -0.1) is 0 Å².